The van der Waals surface area contributed by atoms with Gasteiger partial charge in [0, 0.05) is 13.1 Å². The topological polar surface area (TPSA) is 57.6 Å². The van der Waals surface area contributed by atoms with Crippen molar-refractivity contribution in [3.8, 4) is 0 Å². The number of halogens is 1. The number of hydrogen-bond donors (Lipinski definition) is 1. The van der Waals surface area contributed by atoms with Crippen LogP contribution in [0.5, 0.6) is 0 Å². The van der Waals surface area contributed by atoms with Crippen molar-refractivity contribution in [3.05, 3.63) is 0 Å². The predicted octanol–water partition coefficient (Wildman–Crippen LogP) is 1.33. The highest BCUT2D eigenvalue weighted by atomic mass is 35.5. The maximum absolute atomic E-state index is 11.4. The van der Waals surface area contributed by atoms with Gasteiger partial charge in [-0.25, -0.2) is 0 Å². The Hall–Kier alpha value is -0.770. The van der Waals surface area contributed by atoms with E-state index in [1.165, 1.54) is 0 Å². The van der Waals surface area contributed by atoms with Gasteiger partial charge in [-0.1, -0.05) is 0 Å². The molecule has 0 aromatic carbocycles. The number of carbonyl (C=O) groups excluding carboxylic acids is 1. The van der Waals surface area contributed by atoms with E-state index in [9.17, 15) is 9.59 Å². The number of rotatable bonds is 2. The third-order valence-electron chi connectivity index (χ3n) is 3.96. The Morgan fingerprint density at radius 3 is 2.75 bits per heavy atom. The second kappa shape index (κ2) is 4.24. The Kier molecular flexibility index (Phi) is 3.10. The van der Waals surface area contributed by atoms with Crippen molar-refractivity contribution in [1.82, 2.24) is 4.90 Å². The van der Waals surface area contributed by atoms with Gasteiger partial charge < -0.3 is 10.0 Å². The zero-order chi connectivity index (χ0) is 11.8. The molecule has 1 aliphatic carbocycles. The van der Waals surface area contributed by atoms with Crippen LogP contribution in [0.2, 0.25) is 0 Å². The minimum Gasteiger partial charge on any atom is -0.481 e. The van der Waals surface area contributed by atoms with Crippen LogP contribution >= 0.6 is 11.6 Å². The molecule has 1 N–H and O–H groups in total. The van der Waals surface area contributed by atoms with Crippen LogP contribution in [-0.2, 0) is 9.59 Å². The van der Waals surface area contributed by atoms with Crippen molar-refractivity contribution in [1.29, 1.82) is 0 Å². The van der Waals surface area contributed by atoms with Crippen LogP contribution in [0.15, 0.2) is 0 Å². The lowest BCUT2D eigenvalue weighted by Gasteiger charge is -2.23. The molecular formula is C11H16ClNO3. The van der Waals surface area contributed by atoms with Gasteiger partial charge in [0.15, 0.2) is 0 Å². The maximum Gasteiger partial charge on any atom is 0.306 e. The summed E-state index contributed by atoms with van der Waals surface area (Å²) in [7, 11) is 0. The van der Waals surface area contributed by atoms with Crippen LogP contribution in [0.3, 0.4) is 0 Å². The molecule has 0 radical (unpaired) electrons. The van der Waals surface area contributed by atoms with Gasteiger partial charge in [-0.2, -0.15) is 0 Å². The number of nitrogens with zero attached hydrogens (tertiary/aromatic N) is 1. The van der Waals surface area contributed by atoms with Gasteiger partial charge in [-0.05, 0) is 31.1 Å². The van der Waals surface area contributed by atoms with Crippen molar-refractivity contribution in [2.24, 2.45) is 11.3 Å². The highest BCUT2D eigenvalue weighted by Crippen LogP contribution is 2.48. The lowest BCUT2D eigenvalue weighted by atomic mass is 9.84. The molecule has 1 spiro atoms. The van der Waals surface area contributed by atoms with Crippen molar-refractivity contribution in [3.63, 3.8) is 0 Å². The molecule has 2 aliphatic rings. The molecule has 1 aliphatic heterocycles. The van der Waals surface area contributed by atoms with Crippen molar-refractivity contribution in [2.75, 3.05) is 19.0 Å². The average Bonchev–Trinajstić information content (AvgIpc) is 2.86. The molecule has 2 atom stereocenters. The first-order chi connectivity index (χ1) is 7.56. The molecule has 0 bridgehead atoms. The molecule has 90 valence electrons. The van der Waals surface area contributed by atoms with Gasteiger partial charge in [0.1, 0.15) is 5.88 Å². The highest BCUT2D eigenvalue weighted by Gasteiger charge is 2.46. The first-order valence-electron chi connectivity index (χ1n) is 5.63. The molecule has 0 unspecified atom stereocenters. The Balaban J connectivity index is 1.98. The number of hydrogen-bond acceptors (Lipinski definition) is 2. The molecule has 0 aromatic rings. The smallest absolute Gasteiger partial charge is 0.306 e. The second-order valence-corrected chi connectivity index (χ2v) is 5.24. The second-order valence-electron chi connectivity index (χ2n) is 4.98. The van der Waals surface area contributed by atoms with E-state index in [0.717, 1.165) is 25.8 Å². The normalized spacial score (nSPS) is 33.6. The number of carbonyl (C=O) groups is 2. The summed E-state index contributed by atoms with van der Waals surface area (Å²) in [4.78, 5) is 24.1. The van der Waals surface area contributed by atoms with E-state index in [2.05, 4.69) is 0 Å². The molecule has 1 heterocycles. The predicted molar refractivity (Wildman–Crippen MR) is 59.3 cm³/mol. The molecule has 1 saturated carbocycles. The first-order valence-corrected chi connectivity index (χ1v) is 6.16. The number of likely N-dealkylation sites (tertiary alicyclic amines) is 1. The molecular weight excluding hydrogens is 230 g/mol. The van der Waals surface area contributed by atoms with Crippen LogP contribution in [0, 0.1) is 11.3 Å². The summed E-state index contributed by atoms with van der Waals surface area (Å²) in [5.41, 5.74) is 0.0603. The third-order valence-corrected chi connectivity index (χ3v) is 4.19. The van der Waals surface area contributed by atoms with E-state index in [1.807, 2.05) is 0 Å². The Bertz CT molecular complexity index is 320. The zero-order valence-corrected chi connectivity index (χ0v) is 9.87. The minimum absolute atomic E-state index is 0.0262. The van der Waals surface area contributed by atoms with Gasteiger partial charge >= 0.3 is 5.97 Å². The quantitative estimate of drug-likeness (QED) is 0.747. The molecule has 0 aromatic heterocycles. The van der Waals surface area contributed by atoms with Crippen molar-refractivity contribution >= 4 is 23.5 Å². The summed E-state index contributed by atoms with van der Waals surface area (Å²) in [5, 5.41) is 8.98. The molecule has 5 heteroatoms. The van der Waals surface area contributed by atoms with E-state index in [4.69, 9.17) is 16.7 Å². The molecule has 2 rings (SSSR count). The van der Waals surface area contributed by atoms with Crippen molar-refractivity contribution < 1.29 is 14.7 Å². The zero-order valence-electron chi connectivity index (χ0n) is 9.12. The Labute approximate surface area is 99.6 Å². The highest BCUT2D eigenvalue weighted by molar-refractivity contribution is 6.27. The van der Waals surface area contributed by atoms with Gasteiger partial charge in [-0.3, -0.25) is 9.59 Å². The van der Waals surface area contributed by atoms with Gasteiger partial charge in [0.25, 0.3) is 0 Å². The maximum atomic E-state index is 11.4. The van der Waals surface area contributed by atoms with E-state index in [0.29, 0.717) is 13.0 Å². The number of amides is 1. The monoisotopic (exact) mass is 245 g/mol. The van der Waals surface area contributed by atoms with Gasteiger partial charge in [0.2, 0.25) is 5.91 Å². The van der Waals surface area contributed by atoms with Gasteiger partial charge in [-0.15, -0.1) is 11.6 Å². The molecule has 1 saturated heterocycles. The van der Waals surface area contributed by atoms with E-state index in [1.54, 1.807) is 4.90 Å². The Morgan fingerprint density at radius 1 is 1.44 bits per heavy atom. The van der Waals surface area contributed by atoms with Crippen LogP contribution < -0.4 is 0 Å². The fourth-order valence-electron chi connectivity index (χ4n) is 3.02. The number of carboxylic acids is 1. The molecule has 16 heavy (non-hydrogen) atoms. The van der Waals surface area contributed by atoms with E-state index < -0.39 is 5.97 Å². The number of alkyl halides is 1. The summed E-state index contributed by atoms with van der Waals surface area (Å²) in [6.45, 7) is 1.43. The van der Waals surface area contributed by atoms with Crippen LogP contribution in [-0.4, -0.2) is 40.9 Å². The van der Waals surface area contributed by atoms with Crippen LogP contribution in [0.1, 0.15) is 25.7 Å². The summed E-state index contributed by atoms with van der Waals surface area (Å²) in [6.07, 6.45) is 3.32. The average molecular weight is 246 g/mol. The molecule has 2 fully saturated rings. The summed E-state index contributed by atoms with van der Waals surface area (Å²) in [6, 6.07) is 0. The number of aliphatic carboxylic acids is 1. The fraction of sp³-hybridized carbons (Fsp3) is 0.818. The summed E-state index contributed by atoms with van der Waals surface area (Å²) in [5.74, 6) is -0.916. The van der Waals surface area contributed by atoms with Crippen molar-refractivity contribution in [2.45, 2.75) is 25.7 Å². The summed E-state index contributed by atoms with van der Waals surface area (Å²) >= 11 is 5.52. The minimum atomic E-state index is -0.695. The van der Waals surface area contributed by atoms with Gasteiger partial charge in [0.05, 0.1) is 5.92 Å². The molecule has 1 amide bonds. The molecule has 4 nitrogen and oxygen atoms in total. The van der Waals surface area contributed by atoms with Crippen LogP contribution in [0.25, 0.3) is 0 Å². The van der Waals surface area contributed by atoms with E-state index in [-0.39, 0.29) is 23.1 Å². The Morgan fingerprint density at radius 2 is 2.19 bits per heavy atom. The lowest BCUT2D eigenvalue weighted by Crippen LogP contribution is -2.32. The summed E-state index contributed by atoms with van der Waals surface area (Å²) < 4.78 is 0. The largest absolute Gasteiger partial charge is 0.481 e. The third kappa shape index (κ3) is 2.03. The SMILES string of the molecule is O=C(O)[C@@H]1CC[C@]2(CCN(C(=O)CCl)C2)C1. The fourth-order valence-corrected chi connectivity index (χ4v) is 3.19. The standard InChI is InChI=1S/C11H16ClNO3/c12-6-9(14)13-4-3-11(7-13)2-1-8(5-11)10(15)16/h8H,1-7H2,(H,15,16)/t8-,11+/m1/s1. The lowest BCUT2D eigenvalue weighted by molar-refractivity contribution is -0.141. The number of carboxylic acid groups (broad SMARTS) is 1. The first kappa shape index (κ1) is 11.7. The van der Waals surface area contributed by atoms with Crippen LogP contribution in [0.4, 0.5) is 0 Å². The van der Waals surface area contributed by atoms with E-state index >= 15 is 0 Å².